The van der Waals surface area contributed by atoms with Gasteiger partial charge in [-0.15, -0.1) is 0 Å². The van der Waals surface area contributed by atoms with Crippen molar-refractivity contribution in [1.29, 1.82) is 0 Å². The van der Waals surface area contributed by atoms with Crippen LogP contribution in [0.25, 0.3) is 10.9 Å². The Morgan fingerprint density at radius 1 is 1.08 bits per heavy atom. The molecule has 4 N–H and O–H groups in total. The van der Waals surface area contributed by atoms with E-state index in [2.05, 4.69) is 4.98 Å². The standard InChI is InChI=1S/C30H30N2O7/c1-5-17-24(26(34)20-13-15(3)7-10-23(20)33)22(6-2)32-12-11-18-19-14-16(39-4)8-9-21(19)31-27(18)30(32,29(37)38)25(17)28(35)36/h7-10,13-14,31,33H,5-6,11-12H2,1-4H3,(H,35,36)(H,37,38). The molecule has 0 spiro atoms. The molecule has 39 heavy (non-hydrogen) atoms. The van der Waals surface area contributed by atoms with Gasteiger partial charge in [0.2, 0.25) is 5.54 Å². The summed E-state index contributed by atoms with van der Waals surface area (Å²) in [7, 11) is 1.55. The van der Waals surface area contributed by atoms with Gasteiger partial charge in [0.25, 0.3) is 0 Å². The normalized spacial score (nSPS) is 18.7. The average molecular weight is 531 g/mol. The van der Waals surface area contributed by atoms with Crippen molar-refractivity contribution >= 4 is 28.6 Å². The van der Waals surface area contributed by atoms with E-state index in [1.165, 1.54) is 6.07 Å². The fraction of sp³-hybridized carbons (Fsp3) is 0.300. The number of hydrogen-bond donors (Lipinski definition) is 4. The third-order valence-corrected chi connectivity index (χ3v) is 7.88. The smallest absolute Gasteiger partial charge is 0.340 e. The number of ketones is 1. The predicted molar refractivity (Wildman–Crippen MR) is 144 cm³/mol. The second kappa shape index (κ2) is 9.34. The number of Topliss-reactive ketones (excluding diaryl/α,β-unsaturated/α-hetero) is 1. The summed E-state index contributed by atoms with van der Waals surface area (Å²) in [6, 6.07) is 10.0. The highest BCUT2D eigenvalue weighted by molar-refractivity contribution is 6.16. The van der Waals surface area contributed by atoms with Crippen LogP contribution in [-0.2, 0) is 21.5 Å². The maximum absolute atomic E-state index is 14.0. The Kier molecular flexibility index (Phi) is 6.25. The first-order chi connectivity index (χ1) is 18.6. The summed E-state index contributed by atoms with van der Waals surface area (Å²) in [6.07, 6.45) is 0.806. The Bertz CT molecular complexity index is 1630. The van der Waals surface area contributed by atoms with Gasteiger partial charge in [-0.05, 0) is 67.7 Å². The number of aryl methyl sites for hydroxylation is 1. The number of ether oxygens (including phenoxy) is 1. The number of methoxy groups -OCH3 is 1. The number of aromatic amines is 1. The molecule has 0 saturated heterocycles. The van der Waals surface area contributed by atoms with Crippen molar-refractivity contribution in [2.45, 2.75) is 45.6 Å². The van der Waals surface area contributed by atoms with E-state index in [4.69, 9.17) is 4.74 Å². The minimum atomic E-state index is -2.08. The van der Waals surface area contributed by atoms with Crippen LogP contribution in [0, 0.1) is 6.92 Å². The number of aromatic hydroxyl groups is 1. The molecule has 0 amide bonds. The molecule has 202 valence electrons. The number of fused-ring (bicyclic) bond motifs is 5. The molecule has 0 bridgehead atoms. The quantitative estimate of drug-likeness (QED) is 0.323. The van der Waals surface area contributed by atoms with Crippen molar-refractivity contribution in [1.82, 2.24) is 9.88 Å². The van der Waals surface area contributed by atoms with Crippen LogP contribution >= 0.6 is 0 Å². The maximum Gasteiger partial charge on any atom is 0.340 e. The molecular formula is C30H30N2O7. The molecule has 2 aliphatic heterocycles. The molecule has 2 aromatic carbocycles. The average Bonchev–Trinajstić information content (AvgIpc) is 3.30. The third kappa shape index (κ3) is 3.56. The zero-order chi connectivity index (χ0) is 28.2. The molecule has 0 saturated carbocycles. The first-order valence-corrected chi connectivity index (χ1v) is 12.9. The van der Waals surface area contributed by atoms with Gasteiger partial charge in [0, 0.05) is 28.7 Å². The van der Waals surface area contributed by atoms with E-state index in [0.717, 1.165) is 10.9 Å². The molecule has 9 heteroatoms. The monoisotopic (exact) mass is 530 g/mol. The number of phenolic OH excluding ortho intramolecular Hbond substituents is 1. The predicted octanol–water partition coefficient (Wildman–Crippen LogP) is 4.68. The number of nitrogens with one attached hydrogen (secondary N) is 1. The number of carboxylic acid groups (broad SMARTS) is 2. The van der Waals surface area contributed by atoms with E-state index < -0.39 is 23.3 Å². The zero-order valence-corrected chi connectivity index (χ0v) is 22.2. The van der Waals surface area contributed by atoms with E-state index in [1.807, 2.05) is 13.0 Å². The number of carboxylic acids is 2. The Balaban J connectivity index is 1.88. The summed E-state index contributed by atoms with van der Waals surface area (Å²) in [5, 5.41) is 32.9. The molecule has 1 aromatic heterocycles. The van der Waals surface area contributed by atoms with Gasteiger partial charge in [-0.2, -0.15) is 0 Å². The number of nitrogens with zero attached hydrogens (tertiary/aromatic N) is 1. The van der Waals surface area contributed by atoms with Gasteiger partial charge in [0.1, 0.15) is 11.5 Å². The number of phenols is 1. The van der Waals surface area contributed by atoms with Gasteiger partial charge in [-0.25, -0.2) is 9.59 Å². The molecule has 2 aliphatic rings. The molecule has 3 heterocycles. The van der Waals surface area contributed by atoms with Gasteiger partial charge in [-0.3, -0.25) is 4.79 Å². The summed E-state index contributed by atoms with van der Waals surface area (Å²) in [5.41, 5.74) is 0.704. The van der Waals surface area contributed by atoms with Gasteiger partial charge < -0.3 is 29.9 Å². The highest BCUT2D eigenvalue weighted by Crippen LogP contribution is 2.52. The molecule has 9 nitrogen and oxygen atoms in total. The highest BCUT2D eigenvalue weighted by atomic mass is 16.5. The van der Waals surface area contributed by atoms with Crippen LogP contribution in [-0.4, -0.2) is 56.6 Å². The first-order valence-electron chi connectivity index (χ1n) is 12.9. The van der Waals surface area contributed by atoms with Crippen LogP contribution in [0.15, 0.2) is 58.8 Å². The Morgan fingerprint density at radius 3 is 2.44 bits per heavy atom. The van der Waals surface area contributed by atoms with E-state index in [-0.39, 0.29) is 53.1 Å². The van der Waals surface area contributed by atoms with Crippen LogP contribution in [0.2, 0.25) is 0 Å². The van der Waals surface area contributed by atoms with Crippen molar-refractivity contribution in [3.05, 3.63) is 81.2 Å². The number of H-pyrrole nitrogens is 1. The summed E-state index contributed by atoms with van der Waals surface area (Å²) < 4.78 is 5.38. The lowest BCUT2D eigenvalue weighted by Crippen LogP contribution is -2.60. The fourth-order valence-electron chi connectivity index (χ4n) is 6.27. The van der Waals surface area contributed by atoms with Gasteiger partial charge in [-0.1, -0.05) is 25.5 Å². The SMILES string of the molecule is CCC1=C(C(=O)O)C2(C(=O)O)c3[nH]c4ccc(OC)cc4c3CCN2C(CC)=C1C(=O)c1cc(C)ccc1O. The Hall–Kier alpha value is -4.53. The minimum Gasteiger partial charge on any atom is -0.507 e. The summed E-state index contributed by atoms with van der Waals surface area (Å²) in [5.74, 6) is -2.92. The zero-order valence-electron chi connectivity index (χ0n) is 22.2. The van der Waals surface area contributed by atoms with Crippen molar-refractivity contribution in [3.8, 4) is 11.5 Å². The lowest BCUT2D eigenvalue weighted by atomic mass is 9.70. The first kappa shape index (κ1) is 26.1. The Morgan fingerprint density at radius 2 is 1.82 bits per heavy atom. The van der Waals surface area contributed by atoms with Gasteiger partial charge >= 0.3 is 11.9 Å². The maximum atomic E-state index is 14.0. The number of carbonyl (C=O) groups is 3. The van der Waals surface area contributed by atoms with E-state index >= 15 is 0 Å². The number of hydrogen-bond acceptors (Lipinski definition) is 6. The number of rotatable bonds is 7. The number of carbonyl (C=O) groups excluding carboxylic acids is 1. The van der Waals surface area contributed by atoms with Crippen molar-refractivity contribution in [2.24, 2.45) is 0 Å². The Labute approximate surface area is 225 Å². The van der Waals surface area contributed by atoms with Crippen LogP contribution in [0.5, 0.6) is 11.5 Å². The number of aliphatic carboxylic acids is 2. The largest absolute Gasteiger partial charge is 0.507 e. The van der Waals surface area contributed by atoms with Crippen molar-refractivity contribution in [2.75, 3.05) is 13.7 Å². The van der Waals surface area contributed by atoms with Gasteiger partial charge in [0.15, 0.2) is 5.78 Å². The molecule has 0 fully saturated rings. The fourth-order valence-corrected chi connectivity index (χ4v) is 6.27. The molecule has 1 unspecified atom stereocenters. The van der Waals surface area contributed by atoms with E-state index in [9.17, 15) is 29.7 Å². The summed E-state index contributed by atoms with van der Waals surface area (Å²) in [4.78, 5) is 45.3. The van der Waals surface area contributed by atoms with Gasteiger partial charge in [0.05, 0.1) is 23.9 Å². The molecule has 1 atom stereocenters. The number of allylic oxidation sites excluding steroid dienone is 3. The minimum absolute atomic E-state index is 0.0462. The molecule has 0 radical (unpaired) electrons. The third-order valence-electron chi connectivity index (χ3n) is 7.88. The highest BCUT2D eigenvalue weighted by Gasteiger charge is 2.60. The molecule has 5 rings (SSSR count). The van der Waals surface area contributed by atoms with Crippen LogP contribution in [0.4, 0.5) is 0 Å². The molecule has 3 aromatic rings. The number of aromatic nitrogens is 1. The second-order valence-corrected chi connectivity index (χ2v) is 9.84. The van der Waals surface area contributed by atoms with Crippen molar-refractivity contribution in [3.63, 3.8) is 0 Å². The van der Waals surface area contributed by atoms with E-state index in [1.54, 1.807) is 50.1 Å². The lowest BCUT2D eigenvalue weighted by Gasteiger charge is -2.50. The van der Waals surface area contributed by atoms with Crippen molar-refractivity contribution < 1.29 is 34.4 Å². The molecular weight excluding hydrogens is 500 g/mol. The topological polar surface area (TPSA) is 140 Å². The van der Waals surface area contributed by atoms with Crippen LogP contribution < -0.4 is 4.74 Å². The number of benzene rings is 2. The second-order valence-electron chi connectivity index (χ2n) is 9.84. The molecule has 0 aliphatic carbocycles. The van der Waals surface area contributed by atoms with Crippen LogP contribution in [0.3, 0.4) is 0 Å². The summed E-state index contributed by atoms with van der Waals surface area (Å²) >= 11 is 0. The van der Waals surface area contributed by atoms with E-state index in [0.29, 0.717) is 28.9 Å². The summed E-state index contributed by atoms with van der Waals surface area (Å²) in [6.45, 7) is 5.49. The lowest BCUT2D eigenvalue weighted by molar-refractivity contribution is -0.153. The van der Waals surface area contributed by atoms with Crippen LogP contribution in [0.1, 0.15) is 53.9 Å².